The van der Waals surface area contributed by atoms with Gasteiger partial charge in [-0.05, 0) is 24.3 Å². The molecule has 1 unspecified atom stereocenters. The third kappa shape index (κ3) is 3.24. The lowest BCUT2D eigenvalue weighted by atomic mass is 10.2. The van der Waals surface area contributed by atoms with Gasteiger partial charge in [0.25, 0.3) is 0 Å². The largest absolute Gasteiger partial charge is 0.486 e. The van der Waals surface area contributed by atoms with E-state index in [0.29, 0.717) is 6.61 Å². The minimum atomic E-state index is 0.103. The van der Waals surface area contributed by atoms with E-state index in [2.05, 4.69) is 20.9 Å². The standard InChI is InChI=1S/C18H21N3O2/c1-2-6-17-16(5-1)22-14-15(23-17)13-20-9-11-21(12-10-20)18-7-3-4-8-19-18/h1-8,15H,9-14H2. The van der Waals surface area contributed by atoms with Crippen LogP contribution in [0.15, 0.2) is 48.7 Å². The lowest BCUT2D eigenvalue weighted by Gasteiger charge is -2.37. The summed E-state index contributed by atoms with van der Waals surface area (Å²) in [6.07, 6.45) is 1.96. The average molecular weight is 311 g/mol. The third-order valence-corrected chi connectivity index (χ3v) is 4.37. The molecule has 4 rings (SSSR count). The predicted molar refractivity (Wildman–Crippen MR) is 89.2 cm³/mol. The highest BCUT2D eigenvalue weighted by Crippen LogP contribution is 2.31. The third-order valence-electron chi connectivity index (χ3n) is 4.37. The maximum atomic E-state index is 6.05. The van der Waals surface area contributed by atoms with E-state index in [1.807, 2.05) is 42.6 Å². The minimum absolute atomic E-state index is 0.103. The van der Waals surface area contributed by atoms with Crippen LogP contribution in [0, 0.1) is 0 Å². The van der Waals surface area contributed by atoms with Crippen molar-refractivity contribution in [3.8, 4) is 11.5 Å². The smallest absolute Gasteiger partial charge is 0.161 e. The van der Waals surface area contributed by atoms with Gasteiger partial charge in [-0.2, -0.15) is 0 Å². The number of pyridine rings is 1. The van der Waals surface area contributed by atoms with Crippen molar-refractivity contribution in [1.82, 2.24) is 9.88 Å². The molecular formula is C18H21N3O2. The first-order chi connectivity index (χ1) is 11.4. The van der Waals surface area contributed by atoms with Crippen molar-refractivity contribution in [1.29, 1.82) is 0 Å². The Kier molecular flexibility index (Phi) is 4.03. The summed E-state index contributed by atoms with van der Waals surface area (Å²) in [5, 5.41) is 0. The van der Waals surface area contributed by atoms with Gasteiger partial charge in [0.15, 0.2) is 11.5 Å². The highest BCUT2D eigenvalue weighted by molar-refractivity contribution is 5.41. The van der Waals surface area contributed by atoms with E-state index < -0.39 is 0 Å². The van der Waals surface area contributed by atoms with Gasteiger partial charge < -0.3 is 14.4 Å². The number of nitrogens with zero attached hydrogens (tertiary/aromatic N) is 3. The number of aromatic nitrogens is 1. The van der Waals surface area contributed by atoms with Crippen molar-refractivity contribution in [3.63, 3.8) is 0 Å². The normalized spacial score (nSPS) is 21.2. The first kappa shape index (κ1) is 14.3. The molecule has 2 aliphatic heterocycles. The molecule has 0 amide bonds. The molecule has 0 bridgehead atoms. The van der Waals surface area contributed by atoms with Crippen LogP contribution in [0.5, 0.6) is 11.5 Å². The summed E-state index contributed by atoms with van der Waals surface area (Å²) in [4.78, 5) is 9.21. The van der Waals surface area contributed by atoms with Gasteiger partial charge in [-0.25, -0.2) is 4.98 Å². The molecule has 23 heavy (non-hydrogen) atoms. The molecule has 2 aliphatic rings. The molecule has 120 valence electrons. The molecule has 1 atom stereocenters. The van der Waals surface area contributed by atoms with Crippen LogP contribution in [0.25, 0.3) is 0 Å². The number of rotatable bonds is 3. The zero-order chi connectivity index (χ0) is 15.5. The quantitative estimate of drug-likeness (QED) is 0.867. The van der Waals surface area contributed by atoms with Crippen LogP contribution in [0.1, 0.15) is 0 Å². The second-order valence-electron chi connectivity index (χ2n) is 5.97. The lowest BCUT2D eigenvalue weighted by Crippen LogP contribution is -2.50. The Morgan fingerprint density at radius 3 is 2.52 bits per heavy atom. The number of fused-ring (bicyclic) bond motifs is 1. The lowest BCUT2D eigenvalue weighted by molar-refractivity contribution is 0.0571. The van der Waals surface area contributed by atoms with Gasteiger partial charge in [0.05, 0.1) is 0 Å². The highest BCUT2D eigenvalue weighted by Gasteiger charge is 2.25. The van der Waals surface area contributed by atoms with Crippen LogP contribution >= 0.6 is 0 Å². The van der Waals surface area contributed by atoms with Crippen molar-refractivity contribution in [3.05, 3.63) is 48.7 Å². The van der Waals surface area contributed by atoms with Crippen LogP contribution in [0.4, 0.5) is 5.82 Å². The predicted octanol–water partition coefficient (Wildman–Crippen LogP) is 2.04. The fourth-order valence-electron chi connectivity index (χ4n) is 3.14. The van der Waals surface area contributed by atoms with Gasteiger partial charge >= 0.3 is 0 Å². The SMILES string of the molecule is c1ccc(N2CCN(CC3COc4ccccc4O3)CC2)nc1. The van der Waals surface area contributed by atoms with Crippen LogP contribution in [0.2, 0.25) is 0 Å². The number of para-hydroxylation sites is 2. The van der Waals surface area contributed by atoms with Gasteiger partial charge in [0.2, 0.25) is 0 Å². The molecule has 3 heterocycles. The maximum absolute atomic E-state index is 6.05. The van der Waals surface area contributed by atoms with E-state index in [9.17, 15) is 0 Å². The zero-order valence-corrected chi connectivity index (χ0v) is 13.1. The van der Waals surface area contributed by atoms with E-state index in [-0.39, 0.29) is 6.10 Å². The molecule has 1 aromatic heterocycles. The number of anilines is 1. The summed E-state index contributed by atoms with van der Waals surface area (Å²) in [6, 6.07) is 14.0. The molecule has 0 aliphatic carbocycles. The van der Waals surface area contributed by atoms with Gasteiger partial charge in [-0.1, -0.05) is 18.2 Å². The van der Waals surface area contributed by atoms with E-state index in [1.165, 1.54) is 0 Å². The summed E-state index contributed by atoms with van der Waals surface area (Å²) in [7, 11) is 0. The number of benzene rings is 1. The molecular weight excluding hydrogens is 290 g/mol. The fraction of sp³-hybridized carbons (Fsp3) is 0.389. The van der Waals surface area contributed by atoms with E-state index in [0.717, 1.165) is 50.0 Å². The average Bonchev–Trinajstić information content (AvgIpc) is 2.63. The summed E-state index contributed by atoms with van der Waals surface area (Å²) in [5.74, 6) is 2.78. The highest BCUT2D eigenvalue weighted by atomic mass is 16.6. The second kappa shape index (κ2) is 6.46. The zero-order valence-electron chi connectivity index (χ0n) is 13.1. The Morgan fingerprint density at radius 2 is 1.74 bits per heavy atom. The van der Waals surface area contributed by atoms with Gasteiger partial charge in [-0.15, -0.1) is 0 Å². The molecule has 1 fully saturated rings. The number of hydrogen-bond acceptors (Lipinski definition) is 5. The fourth-order valence-corrected chi connectivity index (χ4v) is 3.14. The van der Waals surface area contributed by atoms with Gasteiger partial charge in [0, 0.05) is 38.9 Å². The maximum Gasteiger partial charge on any atom is 0.161 e. The van der Waals surface area contributed by atoms with E-state index >= 15 is 0 Å². The molecule has 1 aromatic carbocycles. The topological polar surface area (TPSA) is 37.8 Å². The summed E-state index contributed by atoms with van der Waals surface area (Å²) in [6.45, 7) is 5.58. The van der Waals surface area contributed by atoms with Crippen molar-refractivity contribution >= 4 is 5.82 Å². The van der Waals surface area contributed by atoms with Crippen LogP contribution in [0.3, 0.4) is 0 Å². The van der Waals surface area contributed by atoms with Crippen LogP contribution in [-0.4, -0.2) is 55.3 Å². The van der Waals surface area contributed by atoms with E-state index in [4.69, 9.17) is 9.47 Å². The Bertz CT molecular complexity index is 642. The Hall–Kier alpha value is -2.27. The number of hydrogen-bond donors (Lipinski definition) is 0. The summed E-state index contributed by atoms with van der Waals surface area (Å²) >= 11 is 0. The second-order valence-corrected chi connectivity index (χ2v) is 5.97. The summed E-state index contributed by atoms with van der Waals surface area (Å²) in [5.41, 5.74) is 0. The van der Waals surface area contributed by atoms with Crippen molar-refractivity contribution in [2.75, 3.05) is 44.2 Å². The van der Waals surface area contributed by atoms with Gasteiger partial charge in [-0.3, -0.25) is 4.90 Å². The molecule has 0 N–H and O–H groups in total. The molecule has 0 radical (unpaired) electrons. The minimum Gasteiger partial charge on any atom is -0.486 e. The van der Waals surface area contributed by atoms with Crippen molar-refractivity contribution in [2.45, 2.75) is 6.10 Å². The number of piperazine rings is 1. The van der Waals surface area contributed by atoms with E-state index in [1.54, 1.807) is 0 Å². The van der Waals surface area contributed by atoms with Crippen LogP contribution < -0.4 is 14.4 Å². The molecule has 0 saturated carbocycles. The summed E-state index contributed by atoms with van der Waals surface area (Å²) < 4.78 is 11.8. The molecule has 1 saturated heterocycles. The first-order valence-electron chi connectivity index (χ1n) is 8.15. The van der Waals surface area contributed by atoms with Crippen molar-refractivity contribution < 1.29 is 9.47 Å². The van der Waals surface area contributed by atoms with Crippen LogP contribution in [-0.2, 0) is 0 Å². The van der Waals surface area contributed by atoms with Crippen molar-refractivity contribution in [2.24, 2.45) is 0 Å². The molecule has 5 nitrogen and oxygen atoms in total. The Balaban J connectivity index is 1.30. The molecule has 5 heteroatoms. The first-order valence-corrected chi connectivity index (χ1v) is 8.15. The molecule has 2 aromatic rings. The Morgan fingerprint density at radius 1 is 0.957 bits per heavy atom. The monoisotopic (exact) mass is 311 g/mol. The van der Waals surface area contributed by atoms with Gasteiger partial charge in [0.1, 0.15) is 18.5 Å². The molecule has 0 spiro atoms. The number of ether oxygens (including phenoxy) is 2. The Labute approximate surface area is 136 Å².